The number of nitrogens with one attached hydrogen (secondary N) is 1. The summed E-state index contributed by atoms with van der Waals surface area (Å²) >= 11 is 0. The molecule has 0 aromatic heterocycles. The Labute approximate surface area is 93.6 Å². The Balaban J connectivity index is 2.77. The Morgan fingerprint density at radius 3 is 2.81 bits per heavy atom. The lowest BCUT2D eigenvalue weighted by molar-refractivity contribution is -0.117. The smallest absolute Gasteiger partial charge is 0.241 e. The average molecular weight is 226 g/mol. The SMILES string of the molecule is CCOc1ccc(NC(=O)C(C)N)cc1F. The molecular formula is C11H15FN2O2. The number of rotatable bonds is 4. The molecule has 1 atom stereocenters. The van der Waals surface area contributed by atoms with E-state index in [1.54, 1.807) is 19.9 Å². The first kappa shape index (κ1) is 12.4. The lowest BCUT2D eigenvalue weighted by atomic mass is 10.2. The molecule has 1 aromatic rings. The molecule has 4 nitrogen and oxygen atoms in total. The minimum absolute atomic E-state index is 0.168. The number of hydrogen-bond acceptors (Lipinski definition) is 3. The van der Waals surface area contributed by atoms with E-state index in [0.717, 1.165) is 0 Å². The summed E-state index contributed by atoms with van der Waals surface area (Å²) in [5, 5.41) is 2.49. The fourth-order valence-corrected chi connectivity index (χ4v) is 1.11. The molecule has 1 unspecified atom stereocenters. The molecule has 0 aliphatic rings. The maximum atomic E-state index is 13.4. The molecule has 0 heterocycles. The summed E-state index contributed by atoms with van der Waals surface area (Å²) in [6.45, 7) is 3.72. The number of carbonyl (C=O) groups is 1. The van der Waals surface area contributed by atoms with Gasteiger partial charge in [-0.05, 0) is 26.0 Å². The second kappa shape index (κ2) is 5.46. The lowest BCUT2D eigenvalue weighted by Gasteiger charge is -2.09. The van der Waals surface area contributed by atoms with Gasteiger partial charge in [0, 0.05) is 11.8 Å². The van der Waals surface area contributed by atoms with Gasteiger partial charge in [-0.3, -0.25) is 4.79 Å². The van der Waals surface area contributed by atoms with E-state index >= 15 is 0 Å². The van der Waals surface area contributed by atoms with Gasteiger partial charge in [0.1, 0.15) is 0 Å². The van der Waals surface area contributed by atoms with Crippen LogP contribution < -0.4 is 15.8 Å². The van der Waals surface area contributed by atoms with Crippen molar-refractivity contribution in [1.29, 1.82) is 0 Å². The van der Waals surface area contributed by atoms with Crippen molar-refractivity contribution in [3.05, 3.63) is 24.0 Å². The molecule has 0 aliphatic carbocycles. The van der Waals surface area contributed by atoms with E-state index in [9.17, 15) is 9.18 Å². The molecule has 5 heteroatoms. The number of amides is 1. The van der Waals surface area contributed by atoms with E-state index in [2.05, 4.69) is 5.32 Å². The normalized spacial score (nSPS) is 12.0. The van der Waals surface area contributed by atoms with Gasteiger partial charge in [0.25, 0.3) is 0 Å². The van der Waals surface area contributed by atoms with Crippen LogP contribution >= 0.6 is 0 Å². The third-order valence-electron chi connectivity index (χ3n) is 1.91. The third kappa shape index (κ3) is 3.20. The Hall–Kier alpha value is -1.62. The van der Waals surface area contributed by atoms with E-state index in [0.29, 0.717) is 12.3 Å². The van der Waals surface area contributed by atoms with Crippen molar-refractivity contribution in [1.82, 2.24) is 0 Å². The Kier molecular flexibility index (Phi) is 4.25. The zero-order valence-electron chi connectivity index (χ0n) is 9.29. The standard InChI is InChI=1S/C11H15FN2O2/c1-3-16-10-5-4-8(6-9(10)12)14-11(15)7(2)13/h4-7H,3,13H2,1-2H3,(H,14,15). The van der Waals surface area contributed by atoms with Gasteiger partial charge in [-0.25, -0.2) is 4.39 Å². The van der Waals surface area contributed by atoms with Crippen molar-refractivity contribution in [2.45, 2.75) is 19.9 Å². The third-order valence-corrected chi connectivity index (χ3v) is 1.91. The van der Waals surface area contributed by atoms with Crippen molar-refractivity contribution in [3.63, 3.8) is 0 Å². The second-order valence-corrected chi connectivity index (χ2v) is 3.36. The molecule has 0 bridgehead atoms. The second-order valence-electron chi connectivity index (χ2n) is 3.36. The van der Waals surface area contributed by atoms with Crippen LogP contribution in [0.25, 0.3) is 0 Å². The van der Waals surface area contributed by atoms with E-state index in [1.807, 2.05) is 0 Å². The summed E-state index contributed by atoms with van der Waals surface area (Å²) in [5.74, 6) is -0.700. The van der Waals surface area contributed by atoms with Gasteiger partial charge in [-0.2, -0.15) is 0 Å². The highest BCUT2D eigenvalue weighted by Crippen LogP contribution is 2.21. The van der Waals surface area contributed by atoms with Crippen molar-refractivity contribution in [2.75, 3.05) is 11.9 Å². The molecule has 0 aliphatic heterocycles. The van der Waals surface area contributed by atoms with Crippen LogP contribution in [0.4, 0.5) is 10.1 Å². The summed E-state index contributed by atoms with van der Waals surface area (Å²) in [5.41, 5.74) is 5.73. The van der Waals surface area contributed by atoms with E-state index in [1.165, 1.54) is 12.1 Å². The molecule has 0 spiro atoms. The van der Waals surface area contributed by atoms with Gasteiger partial charge in [0.2, 0.25) is 5.91 Å². The highest BCUT2D eigenvalue weighted by atomic mass is 19.1. The van der Waals surface area contributed by atoms with Crippen molar-refractivity contribution in [2.24, 2.45) is 5.73 Å². The summed E-state index contributed by atoms with van der Waals surface area (Å²) in [6, 6.07) is 3.60. The maximum absolute atomic E-state index is 13.4. The molecule has 3 N–H and O–H groups in total. The van der Waals surface area contributed by atoms with Crippen LogP contribution in [0.2, 0.25) is 0 Å². The van der Waals surface area contributed by atoms with Gasteiger partial charge in [-0.1, -0.05) is 0 Å². The van der Waals surface area contributed by atoms with Gasteiger partial charge in [0.05, 0.1) is 12.6 Å². The van der Waals surface area contributed by atoms with Crippen molar-refractivity contribution < 1.29 is 13.9 Å². The fourth-order valence-electron chi connectivity index (χ4n) is 1.11. The number of carbonyl (C=O) groups excluding carboxylic acids is 1. The van der Waals surface area contributed by atoms with Crippen LogP contribution in [0.1, 0.15) is 13.8 Å². The summed E-state index contributed by atoms with van der Waals surface area (Å²) < 4.78 is 18.4. The van der Waals surface area contributed by atoms with Gasteiger partial charge < -0.3 is 15.8 Å². The topological polar surface area (TPSA) is 64.3 Å². The molecule has 16 heavy (non-hydrogen) atoms. The Morgan fingerprint density at radius 2 is 2.31 bits per heavy atom. The predicted molar refractivity (Wildman–Crippen MR) is 59.8 cm³/mol. The molecule has 1 rings (SSSR count). The quantitative estimate of drug-likeness (QED) is 0.817. The Bertz CT molecular complexity index is 380. The first-order chi connectivity index (χ1) is 7.54. The van der Waals surface area contributed by atoms with Gasteiger partial charge >= 0.3 is 0 Å². The number of benzene rings is 1. The van der Waals surface area contributed by atoms with Gasteiger partial charge in [-0.15, -0.1) is 0 Å². The maximum Gasteiger partial charge on any atom is 0.241 e. The minimum Gasteiger partial charge on any atom is -0.491 e. The molecule has 1 amide bonds. The first-order valence-corrected chi connectivity index (χ1v) is 5.03. The average Bonchev–Trinajstić information content (AvgIpc) is 2.22. The van der Waals surface area contributed by atoms with Crippen molar-refractivity contribution in [3.8, 4) is 5.75 Å². The molecule has 88 valence electrons. The largest absolute Gasteiger partial charge is 0.491 e. The molecule has 0 saturated heterocycles. The molecular weight excluding hydrogens is 211 g/mol. The highest BCUT2D eigenvalue weighted by molar-refractivity contribution is 5.94. The first-order valence-electron chi connectivity index (χ1n) is 5.03. The van der Waals surface area contributed by atoms with Gasteiger partial charge in [0.15, 0.2) is 11.6 Å². The van der Waals surface area contributed by atoms with Crippen LogP contribution in [0, 0.1) is 5.82 Å². The molecule has 1 aromatic carbocycles. The van der Waals surface area contributed by atoms with Crippen LogP contribution in [-0.4, -0.2) is 18.6 Å². The Morgan fingerprint density at radius 1 is 1.62 bits per heavy atom. The van der Waals surface area contributed by atoms with E-state index < -0.39 is 11.9 Å². The van der Waals surface area contributed by atoms with E-state index in [-0.39, 0.29) is 11.7 Å². The van der Waals surface area contributed by atoms with Crippen molar-refractivity contribution >= 4 is 11.6 Å². The van der Waals surface area contributed by atoms with E-state index in [4.69, 9.17) is 10.5 Å². The number of halogens is 1. The lowest BCUT2D eigenvalue weighted by Crippen LogP contribution is -2.32. The number of anilines is 1. The monoisotopic (exact) mass is 226 g/mol. The number of nitrogens with two attached hydrogens (primary N) is 1. The summed E-state index contributed by atoms with van der Waals surface area (Å²) in [7, 11) is 0. The zero-order chi connectivity index (χ0) is 12.1. The van der Waals surface area contributed by atoms with Crippen LogP contribution in [0.5, 0.6) is 5.75 Å². The predicted octanol–water partition coefficient (Wildman–Crippen LogP) is 1.51. The number of ether oxygens (including phenoxy) is 1. The summed E-state index contributed by atoms with van der Waals surface area (Å²) in [6.07, 6.45) is 0. The van der Waals surface area contributed by atoms with Crippen LogP contribution in [0.3, 0.4) is 0 Å². The molecule has 0 fully saturated rings. The minimum atomic E-state index is -0.630. The highest BCUT2D eigenvalue weighted by Gasteiger charge is 2.09. The van der Waals surface area contributed by atoms with Crippen LogP contribution in [0.15, 0.2) is 18.2 Å². The summed E-state index contributed by atoms with van der Waals surface area (Å²) in [4.78, 5) is 11.2. The number of hydrogen-bond donors (Lipinski definition) is 2. The molecule has 0 saturated carbocycles. The van der Waals surface area contributed by atoms with Crippen LogP contribution in [-0.2, 0) is 4.79 Å². The zero-order valence-corrected chi connectivity index (χ0v) is 9.29. The fraction of sp³-hybridized carbons (Fsp3) is 0.364. The molecule has 0 radical (unpaired) electrons.